The average molecular weight is 544 g/mol. The fourth-order valence-corrected chi connectivity index (χ4v) is 4.65. The second-order valence-corrected chi connectivity index (χ2v) is 9.75. The fourth-order valence-electron chi connectivity index (χ4n) is 2.88. The highest BCUT2D eigenvalue weighted by Crippen LogP contribution is 2.45. The van der Waals surface area contributed by atoms with E-state index >= 15 is 0 Å². The Morgan fingerprint density at radius 2 is 2.00 bits per heavy atom. The Morgan fingerprint density at radius 1 is 1.30 bits per heavy atom. The number of rotatable bonds is 9. The number of aromatic nitrogens is 2. The molecule has 0 radical (unpaired) electrons. The molecular formula is C20H23BrN3O8P. The Bertz CT molecular complexity index is 1190. The number of hydrogen-bond donors (Lipinski definition) is 2. The Kier molecular flexibility index (Phi) is 8.09. The highest BCUT2D eigenvalue weighted by Gasteiger charge is 2.34. The number of esters is 1. The van der Waals surface area contributed by atoms with E-state index in [2.05, 4.69) is 30.7 Å². The summed E-state index contributed by atoms with van der Waals surface area (Å²) in [4.78, 5) is 37.7. The third-order valence-electron chi connectivity index (χ3n) is 4.58. The number of methoxy groups -OCH3 is 1. The highest BCUT2D eigenvalue weighted by molar-refractivity contribution is 9.10. The Morgan fingerprint density at radius 3 is 2.67 bits per heavy atom. The van der Waals surface area contributed by atoms with Crippen molar-refractivity contribution in [2.75, 3.05) is 13.7 Å². The molecule has 11 nitrogen and oxygen atoms in total. The Hall–Kier alpha value is -2.50. The first-order chi connectivity index (χ1) is 15.6. The lowest BCUT2D eigenvalue weighted by Gasteiger charge is -2.24. The predicted molar refractivity (Wildman–Crippen MR) is 122 cm³/mol. The smallest absolute Gasteiger partial charge is 0.459 e. The van der Waals surface area contributed by atoms with Crippen molar-refractivity contribution < 1.29 is 27.9 Å². The van der Waals surface area contributed by atoms with E-state index in [9.17, 15) is 18.9 Å². The third-order valence-corrected chi connectivity index (χ3v) is 6.75. The molecule has 0 saturated heterocycles. The van der Waals surface area contributed by atoms with Crippen LogP contribution in [0.1, 0.15) is 18.7 Å². The molecule has 178 valence electrons. The number of nitrogens with zero attached hydrogens (tertiary/aromatic N) is 1. The van der Waals surface area contributed by atoms with Gasteiger partial charge in [-0.2, -0.15) is 5.09 Å². The molecule has 1 aliphatic rings. The third kappa shape index (κ3) is 6.52. The summed E-state index contributed by atoms with van der Waals surface area (Å²) >= 11 is 3.31. The number of nitrogens with one attached hydrogen (secondary N) is 2. The van der Waals surface area contributed by atoms with Crippen LogP contribution >= 0.6 is 23.7 Å². The van der Waals surface area contributed by atoms with Gasteiger partial charge in [-0.15, -0.1) is 0 Å². The van der Waals surface area contributed by atoms with E-state index in [0.717, 1.165) is 4.47 Å². The normalized spacial score (nSPS) is 20.2. The summed E-state index contributed by atoms with van der Waals surface area (Å²) in [7, 11) is -2.84. The Balaban J connectivity index is 1.71. The predicted octanol–water partition coefficient (Wildman–Crippen LogP) is 2.42. The van der Waals surface area contributed by atoms with Crippen LogP contribution in [0.15, 0.2) is 56.7 Å². The van der Waals surface area contributed by atoms with Gasteiger partial charge in [-0.05, 0) is 44.2 Å². The number of carbonyl (C=O) groups is 1. The van der Waals surface area contributed by atoms with E-state index in [-0.39, 0.29) is 12.4 Å². The van der Waals surface area contributed by atoms with Crippen molar-refractivity contribution in [2.24, 2.45) is 0 Å². The monoisotopic (exact) mass is 543 g/mol. The van der Waals surface area contributed by atoms with Gasteiger partial charge in [0.1, 0.15) is 17.9 Å². The number of hydrogen-bond acceptors (Lipinski definition) is 8. The molecule has 0 saturated carbocycles. The van der Waals surface area contributed by atoms with Crippen molar-refractivity contribution in [1.82, 2.24) is 14.6 Å². The van der Waals surface area contributed by atoms with Gasteiger partial charge in [-0.25, -0.2) is 9.36 Å². The minimum Gasteiger partial charge on any atom is -0.468 e. The lowest BCUT2D eigenvalue weighted by atomic mass is 10.3. The second-order valence-electron chi connectivity index (χ2n) is 7.14. The van der Waals surface area contributed by atoms with Crippen LogP contribution in [0, 0.1) is 6.92 Å². The molecule has 0 spiro atoms. The van der Waals surface area contributed by atoms with Gasteiger partial charge in [0.25, 0.3) is 5.56 Å². The van der Waals surface area contributed by atoms with Crippen LogP contribution < -0.4 is 20.9 Å². The first kappa shape index (κ1) is 25.1. The lowest BCUT2D eigenvalue weighted by Crippen LogP contribution is -2.35. The summed E-state index contributed by atoms with van der Waals surface area (Å²) in [5.74, 6) is -0.398. The van der Waals surface area contributed by atoms with E-state index in [0.29, 0.717) is 5.56 Å². The number of ether oxygens (including phenoxy) is 2. The molecule has 0 aliphatic carbocycles. The van der Waals surface area contributed by atoms with Crippen molar-refractivity contribution in [3.8, 4) is 5.75 Å². The van der Waals surface area contributed by atoms with E-state index < -0.39 is 43.3 Å². The number of H-pyrrole nitrogens is 1. The zero-order valence-corrected chi connectivity index (χ0v) is 20.5. The van der Waals surface area contributed by atoms with E-state index in [1.165, 1.54) is 24.8 Å². The van der Waals surface area contributed by atoms with Crippen molar-refractivity contribution >= 4 is 29.6 Å². The number of aryl methyl sites for hydroxylation is 1. The molecule has 3 rings (SSSR count). The standard InChI is InChI=1S/C20H23BrN3O8P/c1-12-10-24(20(27)22-18(12)25)17-9-8-16(31-17)11-30-33(28,23-13(2)19(26)29-3)32-15-6-4-14(21)5-7-15/h4-10,13,16-17H,11H2,1-3H3,(H,23,28)(H,22,25,27)/t13-,16-,17+,33?/m0/s1. The molecule has 2 aromatic rings. The molecule has 0 bridgehead atoms. The van der Waals surface area contributed by atoms with Gasteiger partial charge in [0.2, 0.25) is 0 Å². The molecule has 33 heavy (non-hydrogen) atoms. The van der Waals surface area contributed by atoms with Gasteiger partial charge in [-0.3, -0.25) is 23.7 Å². The first-order valence-corrected chi connectivity index (χ1v) is 12.1. The SMILES string of the molecule is COC(=O)[C@H](C)NP(=O)(OC[C@@H]1C=C[C@H](n2cc(C)c(=O)[nH]c2=O)O1)Oc1ccc(Br)cc1. The first-order valence-electron chi connectivity index (χ1n) is 9.81. The summed E-state index contributed by atoms with van der Waals surface area (Å²) < 4.78 is 36.9. The lowest BCUT2D eigenvalue weighted by molar-refractivity contribution is -0.142. The zero-order valence-electron chi connectivity index (χ0n) is 18.0. The maximum absolute atomic E-state index is 13.4. The number of aromatic amines is 1. The topological polar surface area (TPSA) is 138 Å². The molecule has 0 amide bonds. The zero-order chi connectivity index (χ0) is 24.2. The fraction of sp³-hybridized carbons (Fsp3) is 0.350. The van der Waals surface area contributed by atoms with Gasteiger partial charge in [-0.1, -0.05) is 22.0 Å². The molecule has 1 aromatic carbocycles. The Labute approximate surface area is 197 Å². The summed E-state index contributed by atoms with van der Waals surface area (Å²) in [6.45, 7) is 2.82. The van der Waals surface area contributed by atoms with Crippen molar-refractivity contribution in [3.63, 3.8) is 0 Å². The van der Waals surface area contributed by atoms with Crippen LogP contribution in [0.25, 0.3) is 0 Å². The van der Waals surface area contributed by atoms with Crippen LogP contribution in [-0.4, -0.2) is 41.4 Å². The van der Waals surface area contributed by atoms with E-state index in [4.69, 9.17) is 13.8 Å². The molecule has 1 unspecified atom stereocenters. The van der Waals surface area contributed by atoms with Gasteiger partial charge in [0, 0.05) is 16.2 Å². The molecule has 1 aliphatic heterocycles. The largest absolute Gasteiger partial charge is 0.468 e. The molecule has 13 heteroatoms. The molecule has 1 aromatic heterocycles. The van der Waals surface area contributed by atoms with Gasteiger partial charge < -0.3 is 14.0 Å². The van der Waals surface area contributed by atoms with Crippen molar-refractivity contribution in [1.29, 1.82) is 0 Å². The van der Waals surface area contributed by atoms with E-state index in [1.807, 2.05) is 0 Å². The number of halogens is 1. The maximum Gasteiger partial charge on any atom is 0.459 e. The molecule has 4 atom stereocenters. The summed E-state index contributed by atoms with van der Waals surface area (Å²) in [6.07, 6.45) is 3.17. The highest BCUT2D eigenvalue weighted by atomic mass is 79.9. The number of benzene rings is 1. The summed E-state index contributed by atoms with van der Waals surface area (Å²) in [5.41, 5.74) is -0.755. The van der Waals surface area contributed by atoms with Crippen molar-refractivity contribution in [3.05, 3.63) is 73.5 Å². The van der Waals surface area contributed by atoms with Gasteiger partial charge in [0.05, 0.1) is 13.7 Å². The summed E-state index contributed by atoms with van der Waals surface area (Å²) in [6, 6.07) is 5.57. The van der Waals surface area contributed by atoms with Crippen LogP contribution in [0.3, 0.4) is 0 Å². The summed E-state index contributed by atoms with van der Waals surface area (Å²) in [5, 5.41) is 2.55. The molecular weight excluding hydrogens is 521 g/mol. The van der Waals surface area contributed by atoms with Crippen LogP contribution in [0.2, 0.25) is 0 Å². The van der Waals surface area contributed by atoms with Gasteiger partial charge in [0.15, 0.2) is 6.23 Å². The van der Waals surface area contributed by atoms with Crippen molar-refractivity contribution in [2.45, 2.75) is 32.2 Å². The van der Waals surface area contributed by atoms with Gasteiger partial charge >= 0.3 is 19.4 Å². The number of carbonyl (C=O) groups excluding carboxylic acids is 1. The molecule has 2 heterocycles. The van der Waals surface area contributed by atoms with Crippen LogP contribution in [0.4, 0.5) is 0 Å². The second kappa shape index (κ2) is 10.6. The molecule has 0 fully saturated rings. The quantitative estimate of drug-likeness (QED) is 0.277. The minimum atomic E-state index is -4.04. The average Bonchev–Trinajstić information content (AvgIpc) is 3.25. The maximum atomic E-state index is 13.4. The van der Waals surface area contributed by atoms with E-state index in [1.54, 1.807) is 43.3 Å². The van der Waals surface area contributed by atoms with Crippen LogP contribution in [0.5, 0.6) is 5.75 Å². The minimum absolute atomic E-state index is 0.210. The molecule has 2 N–H and O–H groups in total. The van der Waals surface area contributed by atoms with Crippen LogP contribution in [-0.2, 0) is 23.4 Å².